The minimum atomic E-state index is 0.338. The molecule has 0 amide bonds. The van der Waals surface area contributed by atoms with E-state index in [-0.39, 0.29) is 0 Å². The Morgan fingerprint density at radius 2 is 2.28 bits per heavy atom. The molecule has 0 saturated heterocycles. The Balaban J connectivity index is 2.32. The number of nitrogens with zero attached hydrogens (tertiary/aromatic N) is 3. The molecule has 92 valence electrons. The van der Waals surface area contributed by atoms with E-state index in [1.54, 1.807) is 12.1 Å². The second-order valence-corrected chi connectivity index (χ2v) is 4.59. The van der Waals surface area contributed by atoms with E-state index >= 15 is 0 Å². The molecule has 0 unspecified atom stereocenters. The average Bonchev–Trinajstić information content (AvgIpc) is 2.84. The van der Waals surface area contributed by atoms with Gasteiger partial charge in [-0.1, -0.05) is 0 Å². The van der Waals surface area contributed by atoms with Crippen molar-refractivity contribution in [3.8, 4) is 16.6 Å². The predicted molar refractivity (Wildman–Crippen MR) is 69.8 cm³/mol. The highest BCUT2D eigenvalue weighted by atomic mass is 32.1. The number of nitrogen functional groups attached to an aromatic ring is 1. The minimum absolute atomic E-state index is 0.338. The monoisotopic (exact) mass is 260 g/mol. The van der Waals surface area contributed by atoms with E-state index in [2.05, 4.69) is 16.0 Å². The number of hydrogen-bond acceptors (Lipinski definition) is 6. The number of nitrogens with two attached hydrogens (primary N) is 1. The second kappa shape index (κ2) is 5.58. The maximum absolute atomic E-state index is 8.81. The predicted octanol–water partition coefficient (Wildman–Crippen LogP) is 2.20. The summed E-state index contributed by atoms with van der Waals surface area (Å²) in [5.74, 6) is 0.959. The standard InChI is InChI=1S/C12H12N4OS/c1-2-17-7-12-15-9(5-11(14)16-12)10-4-3-8(6-13)18-10/h3-5H,2,7H2,1H3,(H2,14,15,16). The van der Waals surface area contributed by atoms with Crippen LogP contribution >= 0.6 is 11.3 Å². The molecule has 0 aromatic carbocycles. The molecule has 0 saturated carbocycles. The number of thiophene rings is 1. The topological polar surface area (TPSA) is 84.8 Å². The van der Waals surface area contributed by atoms with Crippen molar-refractivity contribution in [3.05, 3.63) is 28.9 Å². The van der Waals surface area contributed by atoms with Crippen molar-refractivity contribution in [3.63, 3.8) is 0 Å². The average molecular weight is 260 g/mol. The SMILES string of the molecule is CCOCc1nc(N)cc(-c2ccc(C#N)s2)n1. The number of ether oxygens (including phenoxy) is 1. The lowest BCUT2D eigenvalue weighted by atomic mass is 10.3. The van der Waals surface area contributed by atoms with Gasteiger partial charge in [0.25, 0.3) is 0 Å². The molecular weight excluding hydrogens is 248 g/mol. The summed E-state index contributed by atoms with van der Waals surface area (Å²) in [5.41, 5.74) is 6.47. The van der Waals surface area contributed by atoms with Crippen LogP contribution in [0.1, 0.15) is 17.6 Å². The molecule has 18 heavy (non-hydrogen) atoms. The number of hydrogen-bond donors (Lipinski definition) is 1. The van der Waals surface area contributed by atoms with Crippen molar-refractivity contribution in [1.29, 1.82) is 5.26 Å². The van der Waals surface area contributed by atoms with Crippen LogP contribution in [0, 0.1) is 11.3 Å². The molecule has 0 spiro atoms. The highest BCUT2D eigenvalue weighted by Crippen LogP contribution is 2.27. The van der Waals surface area contributed by atoms with Crippen LogP contribution in [0.5, 0.6) is 0 Å². The van der Waals surface area contributed by atoms with E-state index in [1.807, 2.05) is 13.0 Å². The van der Waals surface area contributed by atoms with Gasteiger partial charge in [0.2, 0.25) is 0 Å². The van der Waals surface area contributed by atoms with E-state index in [9.17, 15) is 0 Å². The molecule has 0 aliphatic rings. The third kappa shape index (κ3) is 2.83. The number of anilines is 1. The molecule has 0 aliphatic carbocycles. The van der Waals surface area contributed by atoms with Crippen LogP contribution in [-0.2, 0) is 11.3 Å². The van der Waals surface area contributed by atoms with Crippen molar-refractivity contribution in [2.24, 2.45) is 0 Å². The van der Waals surface area contributed by atoms with Crippen molar-refractivity contribution in [1.82, 2.24) is 9.97 Å². The molecule has 0 fully saturated rings. The van der Waals surface area contributed by atoms with Gasteiger partial charge in [0.1, 0.15) is 23.4 Å². The van der Waals surface area contributed by atoms with Crippen LogP contribution in [0.2, 0.25) is 0 Å². The van der Waals surface area contributed by atoms with E-state index in [0.29, 0.717) is 29.7 Å². The highest BCUT2D eigenvalue weighted by Gasteiger charge is 2.08. The van der Waals surface area contributed by atoms with Gasteiger partial charge in [0.15, 0.2) is 5.82 Å². The first-order valence-corrected chi connectivity index (χ1v) is 6.26. The van der Waals surface area contributed by atoms with E-state index in [0.717, 1.165) is 10.6 Å². The van der Waals surface area contributed by atoms with Crippen LogP contribution in [-0.4, -0.2) is 16.6 Å². The van der Waals surface area contributed by atoms with Crippen molar-refractivity contribution in [2.45, 2.75) is 13.5 Å². The fourth-order valence-corrected chi connectivity index (χ4v) is 2.20. The first-order chi connectivity index (χ1) is 8.72. The molecule has 2 aromatic rings. The van der Waals surface area contributed by atoms with E-state index < -0.39 is 0 Å². The molecule has 0 aliphatic heterocycles. The Morgan fingerprint density at radius 1 is 1.44 bits per heavy atom. The van der Waals surface area contributed by atoms with Gasteiger partial charge in [-0.05, 0) is 19.1 Å². The zero-order valence-corrected chi connectivity index (χ0v) is 10.7. The zero-order chi connectivity index (χ0) is 13.0. The van der Waals surface area contributed by atoms with Gasteiger partial charge in [-0.2, -0.15) is 5.26 Å². The smallest absolute Gasteiger partial charge is 0.157 e. The summed E-state index contributed by atoms with van der Waals surface area (Å²) in [5, 5.41) is 8.81. The van der Waals surface area contributed by atoms with Crippen LogP contribution in [0.3, 0.4) is 0 Å². The van der Waals surface area contributed by atoms with Gasteiger partial charge in [-0.15, -0.1) is 11.3 Å². The molecular formula is C12H12N4OS. The summed E-state index contributed by atoms with van der Waals surface area (Å²) in [4.78, 5) is 10.0. The van der Waals surface area contributed by atoms with Crippen LogP contribution in [0.25, 0.3) is 10.6 Å². The Kier molecular flexibility index (Phi) is 3.87. The zero-order valence-electron chi connectivity index (χ0n) is 9.88. The molecule has 0 bridgehead atoms. The normalized spacial score (nSPS) is 10.2. The van der Waals surface area contributed by atoms with Gasteiger partial charge in [0.05, 0.1) is 10.6 Å². The van der Waals surface area contributed by atoms with Crippen molar-refractivity contribution in [2.75, 3.05) is 12.3 Å². The van der Waals surface area contributed by atoms with Crippen LogP contribution in [0.4, 0.5) is 5.82 Å². The summed E-state index contributed by atoms with van der Waals surface area (Å²) in [6, 6.07) is 7.42. The van der Waals surface area contributed by atoms with Gasteiger partial charge >= 0.3 is 0 Å². The van der Waals surface area contributed by atoms with Crippen LogP contribution in [0.15, 0.2) is 18.2 Å². The van der Waals surface area contributed by atoms with Crippen molar-refractivity contribution < 1.29 is 4.74 Å². The lowest BCUT2D eigenvalue weighted by molar-refractivity contribution is 0.128. The Morgan fingerprint density at radius 3 is 2.94 bits per heavy atom. The van der Waals surface area contributed by atoms with Gasteiger partial charge in [0, 0.05) is 12.7 Å². The number of rotatable bonds is 4. The fourth-order valence-electron chi connectivity index (χ4n) is 1.44. The summed E-state index contributed by atoms with van der Waals surface area (Å²) >= 11 is 1.38. The largest absolute Gasteiger partial charge is 0.384 e. The van der Waals surface area contributed by atoms with Crippen LogP contribution < -0.4 is 5.73 Å². The first kappa shape index (κ1) is 12.5. The Hall–Kier alpha value is -1.97. The van der Waals surface area contributed by atoms with Crippen molar-refractivity contribution >= 4 is 17.2 Å². The van der Waals surface area contributed by atoms with Gasteiger partial charge in [-0.3, -0.25) is 0 Å². The third-order valence-corrected chi connectivity index (χ3v) is 3.21. The fraction of sp³-hybridized carbons (Fsp3) is 0.250. The summed E-state index contributed by atoms with van der Waals surface area (Å²) in [7, 11) is 0. The molecule has 2 rings (SSSR count). The summed E-state index contributed by atoms with van der Waals surface area (Å²) < 4.78 is 5.26. The Bertz CT molecular complexity index is 588. The molecule has 6 heteroatoms. The summed E-state index contributed by atoms with van der Waals surface area (Å²) in [6.07, 6.45) is 0. The molecule has 0 atom stereocenters. The first-order valence-electron chi connectivity index (χ1n) is 5.44. The number of aromatic nitrogens is 2. The molecule has 2 N–H and O–H groups in total. The molecule has 5 nitrogen and oxygen atoms in total. The molecule has 2 heterocycles. The van der Waals surface area contributed by atoms with Gasteiger partial charge in [-0.25, -0.2) is 9.97 Å². The van der Waals surface area contributed by atoms with E-state index in [1.165, 1.54) is 11.3 Å². The second-order valence-electron chi connectivity index (χ2n) is 3.51. The van der Waals surface area contributed by atoms with Gasteiger partial charge < -0.3 is 10.5 Å². The third-order valence-electron chi connectivity index (χ3n) is 2.20. The number of nitriles is 1. The lowest BCUT2D eigenvalue weighted by Crippen LogP contribution is -2.03. The lowest BCUT2D eigenvalue weighted by Gasteiger charge is -2.04. The summed E-state index contributed by atoms with van der Waals surface area (Å²) in [6.45, 7) is 2.85. The maximum atomic E-state index is 8.81. The maximum Gasteiger partial charge on any atom is 0.157 e. The Labute approximate surface area is 109 Å². The molecule has 0 radical (unpaired) electrons. The highest BCUT2D eigenvalue weighted by molar-refractivity contribution is 7.15. The van der Waals surface area contributed by atoms with E-state index in [4.69, 9.17) is 15.7 Å². The quantitative estimate of drug-likeness (QED) is 0.910. The molecule has 2 aromatic heterocycles. The minimum Gasteiger partial charge on any atom is -0.384 e.